The highest BCUT2D eigenvalue weighted by molar-refractivity contribution is 7.99. The summed E-state index contributed by atoms with van der Waals surface area (Å²) >= 11 is 1.43. The van der Waals surface area contributed by atoms with Crippen molar-refractivity contribution in [1.29, 1.82) is 0 Å². The van der Waals surface area contributed by atoms with E-state index in [1.54, 1.807) is 0 Å². The minimum atomic E-state index is 0.0983. The van der Waals surface area contributed by atoms with Crippen molar-refractivity contribution in [3.05, 3.63) is 90.4 Å². The fourth-order valence-corrected chi connectivity index (χ4v) is 4.44. The summed E-state index contributed by atoms with van der Waals surface area (Å²) in [6.45, 7) is 7.39. The molecule has 0 bridgehead atoms. The van der Waals surface area contributed by atoms with Gasteiger partial charge in [-0.05, 0) is 18.6 Å². The van der Waals surface area contributed by atoms with Crippen LogP contribution in [-0.2, 0) is 19.5 Å². The van der Waals surface area contributed by atoms with E-state index in [9.17, 15) is 4.79 Å². The zero-order valence-electron chi connectivity index (χ0n) is 17.0. The van der Waals surface area contributed by atoms with Crippen molar-refractivity contribution in [3.8, 4) is 0 Å². The summed E-state index contributed by atoms with van der Waals surface area (Å²) < 4.78 is 4.15. The lowest BCUT2D eigenvalue weighted by Gasteiger charge is -2.07. The van der Waals surface area contributed by atoms with Gasteiger partial charge in [-0.2, -0.15) is 0 Å². The van der Waals surface area contributed by atoms with Crippen LogP contribution >= 0.6 is 11.8 Å². The molecule has 0 aliphatic heterocycles. The third-order valence-corrected chi connectivity index (χ3v) is 6.04. The van der Waals surface area contributed by atoms with E-state index in [-0.39, 0.29) is 5.78 Å². The lowest BCUT2D eigenvalue weighted by atomic mass is 10.1. The fraction of sp³-hybridized carbons (Fsp3) is 0.208. The number of fused-ring (bicyclic) bond motifs is 1. The van der Waals surface area contributed by atoms with E-state index in [1.807, 2.05) is 53.2 Å². The van der Waals surface area contributed by atoms with E-state index < -0.39 is 0 Å². The summed E-state index contributed by atoms with van der Waals surface area (Å²) in [5.74, 6) is 1.29. The largest absolute Gasteiger partial charge is 0.347 e. The first-order chi connectivity index (χ1) is 14.7. The third kappa shape index (κ3) is 4.09. The molecule has 0 N–H and O–H groups in total. The SMILES string of the molecule is C=CCn1c(Cc2ccccc2)nnc1SCC(=O)c1cn(CC)c2ccccc12. The van der Waals surface area contributed by atoms with Crippen LogP contribution in [0.4, 0.5) is 0 Å². The summed E-state index contributed by atoms with van der Waals surface area (Å²) in [6.07, 6.45) is 4.49. The number of allylic oxidation sites excluding steroid dienone is 1. The Morgan fingerprint density at radius 3 is 2.63 bits per heavy atom. The maximum Gasteiger partial charge on any atom is 0.191 e. The van der Waals surface area contributed by atoms with Crippen LogP contribution in [0, 0.1) is 0 Å². The van der Waals surface area contributed by atoms with Crippen LogP contribution < -0.4 is 0 Å². The minimum Gasteiger partial charge on any atom is -0.347 e. The molecule has 0 radical (unpaired) electrons. The number of nitrogens with zero attached hydrogens (tertiary/aromatic N) is 4. The Balaban J connectivity index is 1.54. The van der Waals surface area contributed by atoms with E-state index in [0.717, 1.165) is 34.0 Å². The Labute approximate surface area is 180 Å². The molecule has 30 heavy (non-hydrogen) atoms. The van der Waals surface area contributed by atoms with Crippen LogP contribution in [-0.4, -0.2) is 30.9 Å². The molecule has 4 rings (SSSR count). The van der Waals surface area contributed by atoms with Gasteiger partial charge in [-0.15, -0.1) is 16.8 Å². The van der Waals surface area contributed by atoms with Gasteiger partial charge in [-0.3, -0.25) is 4.79 Å². The summed E-state index contributed by atoms with van der Waals surface area (Å²) in [5, 5.41) is 10.5. The van der Waals surface area contributed by atoms with E-state index in [2.05, 4.69) is 46.5 Å². The van der Waals surface area contributed by atoms with Crippen LogP contribution in [0.15, 0.2) is 78.6 Å². The lowest BCUT2D eigenvalue weighted by Crippen LogP contribution is -2.07. The van der Waals surface area contributed by atoms with Gasteiger partial charge in [0.15, 0.2) is 10.9 Å². The molecular weight excluding hydrogens is 392 g/mol. The number of ketones is 1. The summed E-state index contributed by atoms with van der Waals surface area (Å²) in [4.78, 5) is 13.0. The zero-order chi connectivity index (χ0) is 20.9. The number of hydrogen-bond donors (Lipinski definition) is 0. The molecule has 4 aromatic rings. The number of Topliss-reactive ketones (excluding diaryl/α,β-unsaturated/α-hetero) is 1. The third-order valence-electron chi connectivity index (χ3n) is 5.07. The molecule has 0 aliphatic rings. The normalized spacial score (nSPS) is 11.1. The number of aryl methyl sites for hydroxylation is 1. The number of benzene rings is 2. The molecule has 0 spiro atoms. The minimum absolute atomic E-state index is 0.0983. The zero-order valence-corrected chi connectivity index (χ0v) is 17.8. The van der Waals surface area contributed by atoms with Gasteiger partial charge in [0.05, 0.1) is 5.75 Å². The van der Waals surface area contributed by atoms with Crippen molar-refractivity contribution < 1.29 is 4.79 Å². The van der Waals surface area contributed by atoms with E-state index in [1.165, 1.54) is 17.3 Å². The average molecular weight is 417 g/mol. The van der Waals surface area contributed by atoms with Crippen molar-refractivity contribution in [1.82, 2.24) is 19.3 Å². The molecule has 0 amide bonds. The molecule has 0 fully saturated rings. The van der Waals surface area contributed by atoms with Crippen molar-refractivity contribution in [2.45, 2.75) is 31.6 Å². The first kappa shape index (κ1) is 20.2. The smallest absolute Gasteiger partial charge is 0.191 e. The molecular formula is C24H24N4OS. The molecule has 0 saturated carbocycles. The number of para-hydroxylation sites is 1. The number of thioether (sulfide) groups is 1. The topological polar surface area (TPSA) is 52.7 Å². The molecule has 6 heteroatoms. The highest BCUT2D eigenvalue weighted by atomic mass is 32.2. The number of carbonyl (C=O) groups is 1. The van der Waals surface area contributed by atoms with Crippen LogP contribution in [0.1, 0.15) is 28.7 Å². The molecule has 152 valence electrons. The van der Waals surface area contributed by atoms with Gasteiger partial charge in [0.25, 0.3) is 0 Å². The summed E-state index contributed by atoms with van der Waals surface area (Å²) in [6, 6.07) is 18.2. The second-order valence-corrected chi connectivity index (χ2v) is 7.96. The Morgan fingerprint density at radius 1 is 1.10 bits per heavy atom. The van der Waals surface area contributed by atoms with Crippen LogP contribution in [0.3, 0.4) is 0 Å². The highest BCUT2D eigenvalue weighted by Crippen LogP contribution is 2.25. The second-order valence-electron chi connectivity index (χ2n) is 7.02. The molecule has 0 saturated heterocycles. The number of hydrogen-bond acceptors (Lipinski definition) is 4. The van der Waals surface area contributed by atoms with Gasteiger partial charge in [0.2, 0.25) is 0 Å². The van der Waals surface area contributed by atoms with Gasteiger partial charge in [-0.25, -0.2) is 0 Å². The number of rotatable bonds is 9. The monoisotopic (exact) mass is 416 g/mol. The molecule has 0 aliphatic carbocycles. The highest BCUT2D eigenvalue weighted by Gasteiger charge is 2.18. The molecule has 2 aromatic carbocycles. The van der Waals surface area contributed by atoms with Gasteiger partial charge >= 0.3 is 0 Å². The van der Waals surface area contributed by atoms with Gasteiger partial charge < -0.3 is 9.13 Å². The second kappa shape index (κ2) is 9.13. The Bertz CT molecular complexity index is 1180. The van der Waals surface area contributed by atoms with Crippen molar-refractivity contribution >= 4 is 28.4 Å². The predicted octanol–water partition coefficient (Wildman–Crippen LogP) is 5.00. The maximum atomic E-state index is 13.0. The van der Waals surface area contributed by atoms with Gasteiger partial charge in [0, 0.05) is 42.2 Å². The van der Waals surface area contributed by atoms with Crippen LogP contribution in [0.5, 0.6) is 0 Å². The summed E-state index contributed by atoms with van der Waals surface area (Å²) in [5.41, 5.74) is 3.03. The first-order valence-corrected chi connectivity index (χ1v) is 11.0. The lowest BCUT2D eigenvalue weighted by molar-refractivity contribution is 0.102. The van der Waals surface area contributed by atoms with Crippen LogP contribution in [0.25, 0.3) is 10.9 Å². The Kier molecular flexibility index (Phi) is 6.14. The first-order valence-electron chi connectivity index (χ1n) is 10.0. The van der Waals surface area contributed by atoms with E-state index >= 15 is 0 Å². The quantitative estimate of drug-likeness (QED) is 0.219. The predicted molar refractivity (Wildman–Crippen MR) is 122 cm³/mol. The van der Waals surface area contributed by atoms with Gasteiger partial charge in [0.1, 0.15) is 5.82 Å². The molecule has 2 aromatic heterocycles. The Hall–Kier alpha value is -3.12. The molecule has 5 nitrogen and oxygen atoms in total. The van der Waals surface area contributed by atoms with E-state index in [0.29, 0.717) is 18.7 Å². The standard InChI is InChI=1S/C24H24N4OS/c1-3-14-28-23(15-18-10-6-5-7-11-18)25-26-24(28)30-17-22(29)20-16-27(4-2)21-13-9-8-12-19(20)21/h3,5-13,16H,1,4,14-15,17H2,2H3. The van der Waals surface area contributed by atoms with Crippen molar-refractivity contribution in [2.24, 2.45) is 0 Å². The Morgan fingerprint density at radius 2 is 1.87 bits per heavy atom. The summed E-state index contributed by atoms with van der Waals surface area (Å²) in [7, 11) is 0. The maximum absolute atomic E-state index is 13.0. The van der Waals surface area contributed by atoms with E-state index in [4.69, 9.17) is 0 Å². The van der Waals surface area contributed by atoms with Gasteiger partial charge in [-0.1, -0.05) is 66.4 Å². The molecule has 0 atom stereocenters. The number of carbonyl (C=O) groups excluding carboxylic acids is 1. The molecule has 0 unspecified atom stereocenters. The fourth-order valence-electron chi connectivity index (χ4n) is 3.59. The number of aromatic nitrogens is 4. The van der Waals surface area contributed by atoms with Crippen LogP contribution in [0.2, 0.25) is 0 Å². The van der Waals surface area contributed by atoms with Crippen molar-refractivity contribution in [2.75, 3.05) is 5.75 Å². The average Bonchev–Trinajstić information content (AvgIpc) is 3.34. The molecule has 2 heterocycles. The van der Waals surface area contributed by atoms with Crippen molar-refractivity contribution in [3.63, 3.8) is 0 Å².